The molecule has 2 amide bonds. The summed E-state index contributed by atoms with van der Waals surface area (Å²) in [5, 5.41) is 2.54. The van der Waals surface area contributed by atoms with Gasteiger partial charge in [0.15, 0.2) is 0 Å². The van der Waals surface area contributed by atoms with Crippen molar-refractivity contribution in [3.8, 4) is 0 Å². The molecule has 0 bridgehead atoms. The lowest BCUT2D eigenvalue weighted by Gasteiger charge is -2.41. The maximum atomic E-state index is 13.0. The molecule has 1 saturated heterocycles. The lowest BCUT2D eigenvalue weighted by atomic mass is 9.76. The number of benzene rings is 1. The van der Waals surface area contributed by atoms with E-state index in [1.807, 2.05) is 0 Å². The second-order valence-electron chi connectivity index (χ2n) is 8.45. The predicted molar refractivity (Wildman–Crippen MR) is 116 cm³/mol. The fourth-order valence-corrected chi connectivity index (χ4v) is 5.22. The number of hydrogen-bond acceptors (Lipinski definition) is 5. The van der Waals surface area contributed by atoms with Crippen molar-refractivity contribution in [2.75, 3.05) is 25.4 Å². The lowest BCUT2D eigenvalue weighted by molar-refractivity contribution is -0.137. The number of nitrogens with zero attached hydrogens (tertiary/aromatic N) is 1. The van der Waals surface area contributed by atoms with Gasteiger partial charge in [-0.05, 0) is 61.8 Å². The summed E-state index contributed by atoms with van der Waals surface area (Å²) in [5.74, 6) is 0.0282. The Labute approximate surface area is 189 Å². The zero-order chi connectivity index (χ0) is 23.5. The highest BCUT2D eigenvalue weighted by Gasteiger charge is 2.53. The standard InChI is InChI=1S/C22H28F3N3O3S/c1-14(29)28-11-8-17(9-12-28)21(26,16-6-7-16)20(31)32-13-10-27-19(30)15-2-4-18(5-3-15)22(23,24)25/h2-5,16-17H,6-13,26H2,1H3,(H,27,30). The largest absolute Gasteiger partial charge is 0.416 e. The average Bonchev–Trinajstić information content (AvgIpc) is 3.61. The van der Waals surface area contributed by atoms with Gasteiger partial charge in [-0.2, -0.15) is 13.2 Å². The van der Waals surface area contributed by atoms with Crippen LogP contribution in [0.4, 0.5) is 13.2 Å². The molecule has 1 aliphatic heterocycles. The fourth-order valence-electron chi connectivity index (χ4n) is 4.25. The first kappa shape index (κ1) is 24.6. The zero-order valence-electron chi connectivity index (χ0n) is 17.9. The fraction of sp³-hybridized carbons (Fsp3) is 0.591. The van der Waals surface area contributed by atoms with Crippen molar-refractivity contribution in [2.45, 2.75) is 44.3 Å². The molecule has 1 atom stereocenters. The number of carbonyl (C=O) groups is 3. The van der Waals surface area contributed by atoms with Crippen LogP contribution < -0.4 is 11.1 Å². The van der Waals surface area contributed by atoms with Crippen LogP contribution in [0.25, 0.3) is 0 Å². The monoisotopic (exact) mass is 471 g/mol. The number of piperidine rings is 1. The van der Waals surface area contributed by atoms with E-state index in [0.717, 1.165) is 48.9 Å². The van der Waals surface area contributed by atoms with Crippen molar-refractivity contribution in [1.29, 1.82) is 0 Å². The summed E-state index contributed by atoms with van der Waals surface area (Å²) >= 11 is 1.09. The van der Waals surface area contributed by atoms with E-state index in [1.165, 1.54) is 6.92 Å². The number of thioether (sulfide) groups is 1. The van der Waals surface area contributed by atoms with Crippen LogP contribution in [0.1, 0.15) is 48.5 Å². The summed E-state index contributed by atoms with van der Waals surface area (Å²) in [7, 11) is 0. The number of nitrogens with one attached hydrogen (secondary N) is 1. The first-order valence-electron chi connectivity index (χ1n) is 10.7. The number of hydrogen-bond donors (Lipinski definition) is 2. The van der Waals surface area contributed by atoms with Crippen molar-refractivity contribution >= 4 is 28.7 Å². The zero-order valence-corrected chi connectivity index (χ0v) is 18.7. The Morgan fingerprint density at radius 1 is 1.06 bits per heavy atom. The van der Waals surface area contributed by atoms with Gasteiger partial charge < -0.3 is 16.0 Å². The van der Waals surface area contributed by atoms with Gasteiger partial charge in [-0.1, -0.05) is 11.8 Å². The van der Waals surface area contributed by atoms with E-state index in [9.17, 15) is 27.6 Å². The summed E-state index contributed by atoms with van der Waals surface area (Å²) in [4.78, 5) is 38.5. The molecule has 0 radical (unpaired) electrons. The summed E-state index contributed by atoms with van der Waals surface area (Å²) in [6, 6.07) is 3.98. The number of carbonyl (C=O) groups excluding carboxylic acids is 3. The van der Waals surface area contributed by atoms with Crippen LogP contribution in [0.3, 0.4) is 0 Å². The Hall–Kier alpha value is -2.07. The van der Waals surface area contributed by atoms with Crippen LogP contribution in [0.2, 0.25) is 0 Å². The van der Waals surface area contributed by atoms with Crippen LogP contribution in [0.5, 0.6) is 0 Å². The van der Waals surface area contributed by atoms with Crippen molar-refractivity contribution in [3.05, 3.63) is 35.4 Å². The van der Waals surface area contributed by atoms with Gasteiger partial charge in [0.2, 0.25) is 11.0 Å². The molecule has 2 aliphatic rings. The van der Waals surface area contributed by atoms with Gasteiger partial charge in [0, 0.05) is 37.9 Å². The minimum atomic E-state index is -4.45. The first-order chi connectivity index (χ1) is 15.0. The lowest BCUT2D eigenvalue weighted by Crippen LogP contribution is -2.58. The summed E-state index contributed by atoms with van der Waals surface area (Å²) < 4.78 is 37.9. The molecule has 1 heterocycles. The van der Waals surface area contributed by atoms with Gasteiger partial charge in [-0.15, -0.1) is 0 Å². The van der Waals surface area contributed by atoms with Crippen LogP contribution in [-0.2, 0) is 15.8 Å². The van der Waals surface area contributed by atoms with E-state index < -0.39 is 23.2 Å². The van der Waals surface area contributed by atoms with E-state index in [2.05, 4.69) is 5.32 Å². The molecule has 0 aromatic heterocycles. The Morgan fingerprint density at radius 2 is 1.62 bits per heavy atom. The third kappa shape index (κ3) is 5.64. The highest BCUT2D eigenvalue weighted by Crippen LogP contribution is 2.47. The van der Waals surface area contributed by atoms with Crippen LogP contribution in [-0.4, -0.2) is 52.8 Å². The molecule has 1 saturated carbocycles. The van der Waals surface area contributed by atoms with Gasteiger partial charge in [0.05, 0.1) is 11.1 Å². The van der Waals surface area contributed by atoms with E-state index in [-0.39, 0.29) is 35.0 Å². The highest BCUT2D eigenvalue weighted by atomic mass is 32.2. The van der Waals surface area contributed by atoms with E-state index in [0.29, 0.717) is 31.7 Å². The van der Waals surface area contributed by atoms with Gasteiger partial charge in [-0.25, -0.2) is 0 Å². The molecule has 10 heteroatoms. The molecule has 0 spiro atoms. The molecule has 6 nitrogen and oxygen atoms in total. The molecule has 2 fully saturated rings. The molecule has 32 heavy (non-hydrogen) atoms. The SMILES string of the molecule is CC(=O)N1CCC(C(N)(C(=O)SCCNC(=O)c2ccc(C(F)(F)F)cc2)C2CC2)CC1. The second kappa shape index (κ2) is 9.82. The van der Waals surface area contributed by atoms with E-state index in [4.69, 9.17) is 5.73 Å². The van der Waals surface area contributed by atoms with Crippen molar-refractivity contribution in [3.63, 3.8) is 0 Å². The minimum absolute atomic E-state index is 0.0207. The molecular formula is C22H28F3N3O3S. The number of nitrogens with two attached hydrogens (primary N) is 1. The minimum Gasteiger partial charge on any atom is -0.351 e. The molecule has 1 aromatic rings. The topological polar surface area (TPSA) is 92.5 Å². The Kier molecular flexibility index (Phi) is 7.54. The summed E-state index contributed by atoms with van der Waals surface area (Å²) in [6.45, 7) is 2.94. The van der Waals surface area contributed by atoms with Gasteiger partial charge in [0.25, 0.3) is 5.91 Å². The van der Waals surface area contributed by atoms with Gasteiger partial charge >= 0.3 is 6.18 Å². The number of rotatable bonds is 7. The number of alkyl halides is 3. The molecule has 1 aromatic carbocycles. The molecule has 1 aliphatic carbocycles. The Morgan fingerprint density at radius 3 is 2.12 bits per heavy atom. The molecule has 176 valence electrons. The normalized spacial score (nSPS) is 19.3. The molecule has 3 N–H and O–H groups in total. The van der Waals surface area contributed by atoms with Crippen LogP contribution in [0, 0.1) is 11.8 Å². The van der Waals surface area contributed by atoms with Crippen LogP contribution >= 0.6 is 11.8 Å². The maximum absolute atomic E-state index is 13.0. The van der Waals surface area contributed by atoms with Crippen LogP contribution in [0.15, 0.2) is 24.3 Å². The van der Waals surface area contributed by atoms with Gasteiger partial charge in [-0.3, -0.25) is 14.4 Å². The van der Waals surface area contributed by atoms with Crippen molar-refractivity contribution < 1.29 is 27.6 Å². The predicted octanol–water partition coefficient (Wildman–Crippen LogP) is 3.06. The van der Waals surface area contributed by atoms with E-state index in [1.54, 1.807) is 4.90 Å². The molecular weight excluding hydrogens is 443 g/mol. The summed E-state index contributed by atoms with van der Waals surface area (Å²) in [5.41, 5.74) is 5.05. The quantitative estimate of drug-likeness (QED) is 0.597. The molecule has 1 unspecified atom stereocenters. The number of halogens is 3. The maximum Gasteiger partial charge on any atom is 0.416 e. The number of likely N-dealkylation sites (tertiary alicyclic amines) is 1. The Bertz CT molecular complexity index is 850. The first-order valence-corrected chi connectivity index (χ1v) is 11.7. The summed E-state index contributed by atoms with van der Waals surface area (Å²) in [6.07, 6.45) is -1.22. The second-order valence-corrected chi connectivity index (χ2v) is 9.52. The number of amides is 2. The van der Waals surface area contributed by atoms with E-state index >= 15 is 0 Å². The van der Waals surface area contributed by atoms with Gasteiger partial charge in [0.1, 0.15) is 0 Å². The third-order valence-electron chi connectivity index (χ3n) is 6.32. The smallest absolute Gasteiger partial charge is 0.351 e. The van der Waals surface area contributed by atoms with Crippen molar-refractivity contribution in [2.24, 2.45) is 17.6 Å². The van der Waals surface area contributed by atoms with Crippen molar-refractivity contribution in [1.82, 2.24) is 10.2 Å². The Balaban J connectivity index is 1.49. The molecule has 3 rings (SSSR count). The highest BCUT2D eigenvalue weighted by molar-refractivity contribution is 8.13. The third-order valence-corrected chi connectivity index (χ3v) is 7.34. The average molecular weight is 472 g/mol.